The van der Waals surface area contributed by atoms with Gasteiger partial charge in [-0.05, 0) is 25.7 Å². The molecule has 1 aromatic carbocycles. The van der Waals surface area contributed by atoms with E-state index < -0.39 is 0 Å². The number of nitrogens with zero attached hydrogens (tertiary/aromatic N) is 2. The van der Waals surface area contributed by atoms with Gasteiger partial charge in [0, 0.05) is 48.1 Å². The van der Waals surface area contributed by atoms with Crippen LogP contribution in [0.4, 0.5) is 0 Å². The van der Waals surface area contributed by atoms with Crippen molar-refractivity contribution in [3.63, 3.8) is 0 Å². The molecule has 1 aliphatic heterocycles. The Balaban J connectivity index is 2.03. The van der Waals surface area contributed by atoms with Gasteiger partial charge >= 0.3 is 0 Å². The molecule has 0 unspecified atom stereocenters. The van der Waals surface area contributed by atoms with E-state index in [9.17, 15) is 0 Å². The van der Waals surface area contributed by atoms with Crippen molar-refractivity contribution in [2.24, 2.45) is 0 Å². The predicted octanol–water partition coefficient (Wildman–Crippen LogP) is 2.29. The number of likely N-dealkylation sites (N-methyl/N-ethyl adjacent to an activating group) is 1. The number of ether oxygens (including phenoxy) is 1. The second-order valence-electron chi connectivity index (χ2n) is 4.32. The van der Waals surface area contributed by atoms with Crippen molar-refractivity contribution >= 4 is 22.9 Å². The van der Waals surface area contributed by atoms with Gasteiger partial charge in [0.1, 0.15) is 12.4 Å². The molecule has 0 bridgehead atoms. The minimum atomic E-state index is 0.755. The Kier molecular flexibility index (Phi) is 4.05. The van der Waals surface area contributed by atoms with E-state index in [0.717, 1.165) is 32.0 Å². The average Bonchev–Trinajstić information content (AvgIpc) is 2.58. The number of hydrogen-bond donors (Lipinski definition) is 0. The Morgan fingerprint density at radius 2 is 2.19 bits per heavy atom. The maximum Gasteiger partial charge on any atom is 0.124 e. The highest BCUT2D eigenvalue weighted by molar-refractivity contribution is 14.1. The van der Waals surface area contributed by atoms with E-state index in [4.69, 9.17) is 4.74 Å². The molecule has 0 atom stereocenters. The molecule has 1 aliphatic rings. The van der Waals surface area contributed by atoms with Gasteiger partial charge in [-0.2, -0.15) is 0 Å². The van der Waals surface area contributed by atoms with Gasteiger partial charge in [-0.15, -0.1) is 0 Å². The third-order valence-electron chi connectivity index (χ3n) is 2.70. The highest BCUT2D eigenvalue weighted by Gasteiger charge is 2.20. The van der Waals surface area contributed by atoms with Crippen LogP contribution in [0.25, 0.3) is 0 Å². The van der Waals surface area contributed by atoms with Crippen LogP contribution in [0.3, 0.4) is 0 Å². The fraction of sp³-hybridized carbons (Fsp3) is 0.500. The lowest BCUT2D eigenvalue weighted by Crippen LogP contribution is -2.19. The molecule has 0 saturated heterocycles. The largest absolute Gasteiger partial charge is 0.492 e. The molecule has 3 nitrogen and oxygen atoms in total. The fourth-order valence-corrected chi connectivity index (χ4v) is 2.53. The normalized spacial score (nSPS) is 15.5. The number of fused-ring (bicyclic) bond motifs is 1. The van der Waals surface area contributed by atoms with Crippen molar-refractivity contribution in [1.82, 2.24) is 8.01 Å². The molecule has 0 spiro atoms. The van der Waals surface area contributed by atoms with Crippen LogP contribution < -0.4 is 4.74 Å². The lowest BCUT2D eigenvalue weighted by Gasteiger charge is -2.13. The third kappa shape index (κ3) is 2.87. The second-order valence-corrected chi connectivity index (χ2v) is 5.69. The first-order valence-corrected chi connectivity index (χ1v) is 6.42. The molecule has 88 valence electrons. The van der Waals surface area contributed by atoms with Crippen LogP contribution in [0, 0.1) is 0 Å². The first-order valence-electron chi connectivity index (χ1n) is 5.46. The van der Waals surface area contributed by atoms with Crippen LogP contribution in [-0.4, -0.2) is 35.3 Å². The molecule has 0 fully saturated rings. The van der Waals surface area contributed by atoms with Crippen LogP contribution in [0.5, 0.6) is 5.75 Å². The summed E-state index contributed by atoms with van der Waals surface area (Å²) in [4.78, 5) is 2.13. The number of benzene rings is 1. The van der Waals surface area contributed by atoms with Crippen LogP contribution in [0.1, 0.15) is 11.1 Å². The summed E-state index contributed by atoms with van der Waals surface area (Å²) in [6.45, 7) is 3.73. The van der Waals surface area contributed by atoms with Crippen LogP contribution >= 0.6 is 22.9 Å². The van der Waals surface area contributed by atoms with E-state index in [2.05, 4.69) is 63.2 Å². The lowest BCUT2D eigenvalue weighted by atomic mass is 10.1. The Labute approximate surface area is 111 Å². The van der Waals surface area contributed by atoms with E-state index in [1.54, 1.807) is 0 Å². The standard InChI is InChI=1S/C12H17IN2O/c1-14(2)6-7-16-12-5-3-4-10-8-15(13)9-11(10)12/h3-5H,6-9H2,1-2H3. The van der Waals surface area contributed by atoms with E-state index >= 15 is 0 Å². The fourth-order valence-electron chi connectivity index (χ4n) is 1.82. The molecular weight excluding hydrogens is 315 g/mol. The summed E-state index contributed by atoms with van der Waals surface area (Å²) in [5.74, 6) is 1.05. The molecule has 1 aromatic rings. The summed E-state index contributed by atoms with van der Waals surface area (Å²) in [5.41, 5.74) is 2.76. The number of hydrogen-bond acceptors (Lipinski definition) is 3. The summed E-state index contributed by atoms with van der Waals surface area (Å²) < 4.78 is 8.12. The van der Waals surface area contributed by atoms with Gasteiger partial charge in [-0.1, -0.05) is 12.1 Å². The zero-order valence-corrected chi connectivity index (χ0v) is 11.9. The lowest BCUT2D eigenvalue weighted by molar-refractivity contribution is 0.259. The molecule has 0 saturated carbocycles. The zero-order chi connectivity index (χ0) is 11.5. The number of rotatable bonds is 4. The maximum atomic E-state index is 5.84. The molecular formula is C12H17IN2O. The summed E-state index contributed by atoms with van der Waals surface area (Å²) in [5, 5.41) is 0. The number of halogens is 1. The molecule has 0 N–H and O–H groups in total. The zero-order valence-electron chi connectivity index (χ0n) is 9.74. The topological polar surface area (TPSA) is 15.7 Å². The highest BCUT2D eigenvalue weighted by Crippen LogP contribution is 2.32. The Bertz CT molecular complexity index is 368. The maximum absolute atomic E-state index is 5.84. The smallest absolute Gasteiger partial charge is 0.124 e. The quantitative estimate of drug-likeness (QED) is 0.622. The Hall–Kier alpha value is -0.330. The molecule has 1 heterocycles. The van der Waals surface area contributed by atoms with Crippen LogP contribution in [0.15, 0.2) is 18.2 Å². The van der Waals surface area contributed by atoms with Gasteiger partial charge in [0.15, 0.2) is 0 Å². The third-order valence-corrected chi connectivity index (χ3v) is 3.38. The molecule has 2 rings (SSSR count). The van der Waals surface area contributed by atoms with E-state index in [-0.39, 0.29) is 0 Å². The monoisotopic (exact) mass is 332 g/mol. The molecule has 0 amide bonds. The van der Waals surface area contributed by atoms with Gasteiger partial charge in [0.25, 0.3) is 0 Å². The Morgan fingerprint density at radius 1 is 1.38 bits per heavy atom. The van der Waals surface area contributed by atoms with Crippen LogP contribution in [-0.2, 0) is 13.1 Å². The second kappa shape index (κ2) is 5.33. The molecule has 16 heavy (non-hydrogen) atoms. The van der Waals surface area contributed by atoms with Crippen molar-refractivity contribution in [2.75, 3.05) is 27.2 Å². The highest BCUT2D eigenvalue weighted by atomic mass is 127. The van der Waals surface area contributed by atoms with Crippen molar-refractivity contribution in [1.29, 1.82) is 0 Å². The van der Waals surface area contributed by atoms with E-state index in [0.29, 0.717) is 0 Å². The van der Waals surface area contributed by atoms with Gasteiger partial charge in [-0.3, -0.25) is 0 Å². The first kappa shape index (κ1) is 12.1. The first-order chi connectivity index (χ1) is 7.66. The summed E-state index contributed by atoms with van der Waals surface area (Å²) in [7, 11) is 4.12. The van der Waals surface area contributed by atoms with Crippen molar-refractivity contribution in [3.8, 4) is 5.75 Å². The van der Waals surface area contributed by atoms with Crippen molar-refractivity contribution in [3.05, 3.63) is 29.3 Å². The predicted molar refractivity (Wildman–Crippen MR) is 73.8 cm³/mol. The minimum absolute atomic E-state index is 0.755. The minimum Gasteiger partial charge on any atom is -0.492 e. The SMILES string of the molecule is CN(C)CCOc1cccc2c1CN(I)C2. The summed E-state index contributed by atoms with van der Waals surface area (Å²) in [6.07, 6.45) is 0. The van der Waals surface area contributed by atoms with Gasteiger partial charge in [0.05, 0.1) is 0 Å². The summed E-state index contributed by atoms with van der Waals surface area (Å²) >= 11 is 2.36. The summed E-state index contributed by atoms with van der Waals surface area (Å²) in [6, 6.07) is 6.34. The molecule has 0 radical (unpaired) electrons. The molecule has 0 aromatic heterocycles. The van der Waals surface area contributed by atoms with Crippen molar-refractivity contribution < 1.29 is 4.74 Å². The molecule has 4 heteroatoms. The average molecular weight is 332 g/mol. The van der Waals surface area contributed by atoms with Gasteiger partial charge < -0.3 is 9.64 Å². The van der Waals surface area contributed by atoms with E-state index in [1.165, 1.54) is 11.1 Å². The van der Waals surface area contributed by atoms with Crippen molar-refractivity contribution in [2.45, 2.75) is 13.1 Å². The van der Waals surface area contributed by atoms with Gasteiger partial charge in [-0.25, -0.2) is 3.11 Å². The Morgan fingerprint density at radius 3 is 2.94 bits per heavy atom. The van der Waals surface area contributed by atoms with Gasteiger partial charge in [0.2, 0.25) is 0 Å². The van der Waals surface area contributed by atoms with E-state index in [1.807, 2.05) is 0 Å². The molecule has 0 aliphatic carbocycles. The van der Waals surface area contributed by atoms with Crippen LogP contribution in [0.2, 0.25) is 0 Å².